The maximum atomic E-state index is 5.72. The summed E-state index contributed by atoms with van der Waals surface area (Å²) in [6.45, 7) is 0. The summed E-state index contributed by atoms with van der Waals surface area (Å²) in [5, 5.41) is 0.990. The summed E-state index contributed by atoms with van der Waals surface area (Å²) in [5.41, 5.74) is 9.57. The van der Waals surface area contributed by atoms with Gasteiger partial charge in [0.15, 0.2) is 5.82 Å². The van der Waals surface area contributed by atoms with Gasteiger partial charge in [0.25, 0.3) is 0 Å². The molecule has 14 heavy (non-hydrogen) atoms. The number of hydrazine groups is 1. The van der Waals surface area contributed by atoms with Crippen LogP contribution < -0.4 is 17.0 Å². The fraction of sp³-hybridized carbons (Fsp3) is 0. The van der Waals surface area contributed by atoms with Crippen LogP contribution in [0.15, 0.2) is 28.7 Å². The lowest BCUT2D eigenvalue weighted by atomic mass is 10.2. The Bertz CT molecular complexity index is 483. The van der Waals surface area contributed by atoms with Crippen LogP contribution in [0.25, 0.3) is 10.9 Å². The summed E-state index contributed by atoms with van der Waals surface area (Å²) >= 11 is 3.37. The largest absolute Gasteiger partial charge is 0.396 e. The lowest BCUT2D eigenvalue weighted by Gasteiger charge is -2.05. The van der Waals surface area contributed by atoms with Crippen LogP contribution in [0.5, 0.6) is 0 Å². The van der Waals surface area contributed by atoms with Crippen molar-refractivity contribution in [1.82, 2.24) is 4.98 Å². The minimum Gasteiger partial charge on any atom is -0.396 e. The number of benzene rings is 1. The van der Waals surface area contributed by atoms with Gasteiger partial charge in [-0.3, -0.25) is 0 Å². The Morgan fingerprint density at radius 3 is 2.79 bits per heavy atom. The van der Waals surface area contributed by atoms with Gasteiger partial charge in [0.05, 0.1) is 11.2 Å². The molecule has 0 atom stereocenters. The first-order valence-electron chi connectivity index (χ1n) is 4.03. The maximum Gasteiger partial charge on any atom is 0.163 e. The van der Waals surface area contributed by atoms with E-state index >= 15 is 0 Å². The predicted molar refractivity (Wildman–Crippen MR) is 61.7 cm³/mol. The van der Waals surface area contributed by atoms with Gasteiger partial charge in [0, 0.05) is 9.86 Å². The molecular weight excluding hydrogens is 244 g/mol. The summed E-state index contributed by atoms with van der Waals surface area (Å²) in [7, 11) is 0. The number of hydrogen-bond donors (Lipinski definition) is 3. The van der Waals surface area contributed by atoms with Crippen LogP contribution in [0.4, 0.5) is 11.5 Å². The van der Waals surface area contributed by atoms with Gasteiger partial charge in [0.2, 0.25) is 0 Å². The normalized spacial score (nSPS) is 10.4. The molecule has 2 aromatic rings. The van der Waals surface area contributed by atoms with Crippen LogP contribution >= 0.6 is 15.9 Å². The molecule has 0 fully saturated rings. The first-order valence-corrected chi connectivity index (χ1v) is 4.82. The summed E-state index contributed by atoms with van der Waals surface area (Å²) < 4.78 is 0.977. The summed E-state index contributed by atoms with van der Waals surface area (Å²) in [5.74, 6) is 5.77. The quantitative estimate of drug-likeness (QED) is 0.535. The minimum absolute atomic E-state index is 0.496. The number of nitrogens with zero attached hydrogens (tertiary/aromatic N) is 1. The van der Waals surface area contributed by atoms with Crippen LogP contribution in [0.3, 0.4) is 0 Å². The van der Waals surface area contributed by atoms with E-state index in [1.54, 1.807) is 0 Å². The zero-order valence-corrected chi connectivity index (χ0v) is 8.88. The van der Waals surface area contributed by atoms with E-state index in [9.17, 15) is 0 Å². The van der Waals surface area contributed by atoms with Crippen molar-refractivity contribution in [2.45, 2.75) is 0 Å². The van der Waals surface area contributed by atoms with E-state index in [2.05, 4.69) is 26.3 Å². The van der Waals surface area contributed by atoms with Crippen molar-refractivity contribution >= 4 is 38.3 Å². The second kappa shape index (κ2) is 3.43. The van der Waals surface area contributed by atoms with Gasteiger partial charge in [0.1, 0.15) is 0 Å². The molecular formula is C9H9BrN4. The number of fused-ring (bicyclic) bond motifs is 1. The average Bonchev–Trinajstić information content (AvgIpc) is 2.17. The molecule has 5 heteroatoms. The van der Waals surface area contributed by atoms with Crippen molar-refractivity contribution in [2.24, 2.45) is 5.84 Å². The highest BCUT2D eigenvalue weighted by Gasteiger charge is 2.02. The highest BCUT2D eigenvalue weighted by molar-refractivity contribution is 9.10. The molecule has 1 heterocycles. The van der Waals surface area contributed by atoms with Gasteiger partial charge in [-0.05, 0) is 18.2 Å². The van der Waals surface area contributed by atoms with Crippen LogP contribution in [0.2, 0.25) is 0 Å². The number of halogens is 1. The fourth-order valence-electron chi connectivity index (χ4n) is 1.27. The molecule has 0 aliphatic heterocycles. The second-order valence-electron chi connectivity index (χ2n) is 2.91. The molecule has 4 nitrogen and oxygen atoms in total. The molecule has 0 spiro atoms. The summed E-state index contributed by atoms with van der Waals surface area (Å²) in [4.78, 5) is 4.26. The first kappa shape index (κ1) is 9.23. The smallest absolute Gasteiger partial charge is 0.163 e. The molecule has 1 aromatic carbocycles. The molecule has 0 aliphatic rings. The van der Waals surface area contributed by atoms with E-state index < -0.39 is 0 Å². The third-order valence-corrected chi connectivity index (χ3v) is 2.44. The van der Waals surface area contributed by atoms with Gasteiger partial charge in [-0.1, -0.05) is 22.0 Å². The molecule has 0 saturated heterocycles. The topological polar surface area (TPSA) is 77.0 Å². The van der Waals surface area contributed by atoms with E-state index in [0.717, 1.165) is 15.4 Å². The first-order chi connectivity index (χ1) is 6.70. The van der Waals surface area contributed by atoms with Crippen LogP contribution in [-0.2, 0) is 0 Å². The van der Waals surface area contributed by atoms with Gasteiger partial charge < -0.3 is 11.2 Å². The van der Waals surface area contributed by atoms with Crippen molar-refractivity contribution in [3.05, 3.63) is 28.7 Å². The van der Waals surface area contributed by atoms with E-state index in [4.69, 9.17) is 11.6 Å². The highest BCUT2D eigenvalue weighted by Crippen LogP contribution is 2.24. The lowest BCUT2D eigenvalue weighted by Crippen LogP contribution is -2.10. The molecule has 0 bridgehead atoms. The molecule has 0 aliphatic carbocycles. The summed E-state index contributed by atoms with van der Waals surface area (Å²) in [6, 6.07) is 7.64. The Labute approximate surface area is 89.4 Å². The standard InChI is InChI=1S/C9H9BrN4/c10-6-2-1-5-3-7(11)9(14-12)13-8(5)4-6/h1-4H,11-12H2,(H,13,14). The molecule has 5 N–H and O–H groups in total. The highest BCUT2D eigenvalue weighted by atomic mass is 79.9. The van der Waals surface area contributed by atoms with Crippen molar-refractivity contribution in [3.63, 3.8) is 0 Å². The van der Waals surface area contributed by atoms with Crippen LogP contribution in [-0.4, -0.2) is 4.98 Å². The Morgan fingerprint density at radius 1 is 1.29 bits per heavy atom. The number of pyridine rings is 1. The molecule has 1 aromatic heterocycles. The predicted octanol–water partition coefficient (Wildman–Crippen LogP) is 1.87. The van der Waals surface area contributed by atoms with Crippen molar-refractivity contribution < 1.29 is 0 Å². The van der Waals surface area contributed by atoms with Crippen LogP contribution in [0.1, 0.15) is 0 Å². The zero-order chi connectivity index (χ0) is 10.1. The number of nitrogens with two attached hydrogens (primary N) is 2. The zero-order valence-electron chi connectivity index (χ0n) is 7.29. The van der Waals surface area contributed by atoms with Gasteiger partial charge in [-0.25, -0.2) is 10.8 Å². The van der Waals surface area contributed by atoms with Crippen molar-refractivity contribution in [2.75, 3.05) is 11.2 Å². The van der Waals surface area contributed by atoms with E-state index in [-0.39, 0.29) is 0 Å². The minimum atomic E-state index is 0.496. The molecule has 0 amide bonds. The fourth-order valence-corrected chi connectivity index (χ4v) is 1.62. The number of anilines is 2. The Morgan fingerprint density at radius 2 is 2.07 bits per heavy atom. The summed E-state index contributed by atoms with van der Waals surface area (Å²) in [6.07, 6.45) is 0. The second-order valence-corrected chi connectivity index (χ2v) is 3.82. The number of hydrogen-bond acceptors (Lipinski definition) is 4. The number of rotatable bonds is 1. The SMILES string of the molecule is NNc1nc2cc(Br)ccc2cc1N. The van der Waals surface area contributed by atoms with E-state index in [1.165, 1.54) is 0 Å². The van der Waals surface area contributed by atoms with Crippen molar-refractivity contribution in [1.29, 1.82) is 0 Å². The third-order valence-electron chi connectivity index (χ3n) is 1.95. The van der Waals surface area contributed by atoms with E-state index in [1.807, 2.05) is 24.3 Å². The number of nitrogen functional groups attached to an aromatic ring is 2. The molecule has 0 saturated carbocycles. The van der Waals surface area contributed by atoms with E-state index in [0.29, 0.717) is 11.5 Å². The lowest BCUT2D eigenvalue weighted by molar-refractivity contribution is 1.27. The molecule has 72 valence electrons. The van der Waals surface area contributed by atoms with Gasteiger partial charge in [-0.15, -0.1) is 0 Å². The number of nitrogens with one attached hydrogen (secondary N) is 1. The van der Waals surface area contributed by atoms with Gasteiger partial charge >= 0.3 is 0 Å². The monoisotopic (exact) mass is 252 g/mol. The van der Waals surface area contributed by atoms with Gasteiger partial charge in [-0.2, -0.15) is 0 Å². The Hall–Kier alpha value is -1.33. The number of aromatic nitrogens is 1. The maximum absolute atomic E-state index is 5.72. The van der Waals surface area contributed by atoms with Crippen molar-refractivity contribution in [3.8, 4) is 0 Å². The third kappa shape index (κ3) is 1.51. The Kier molecular flexibility index (Phi) is 2.26. The van der Waals surface area contributed by atoms with Crippen LogP contribution in [0, 0.1) is 0 Å². The molecule has 0 radical (unpaired) electrons. The molecule has 2 rings (SSSR count). The Balaban J connectivity index is 2.73. The molecule has 0 unspecified atom stereocenters. The average molecular weight is 253 g/mol.